The molecule has 1 aromatic heterocycles. The Balaban J connectivity index is 2.84. The summed E-state index contributed by atoms with van der Waals surface area (Å²) < 4.78 is 1.72. The molecule has 5 heteroatoms. The van der Waals surface area contributed by atoms with Crippen LogP contribution >= 0.6 is 11.6 Å². The Morgan fingerprint density at radius 3 is 2.50 bits per heavy atom. The van der Waals surface area contributed by atoms with Crippen molar-refractivity contribution in [3.05, 3.63) is 16.4 Å². The second kappa shape index (κ2) is 5.66. The molecule has 0 radical (unpaired) electrons. The van der Waals surface area contributed by atoms with Crippen LogP contribution < -0.4 is 5.73 Å². The lowest BCUT2D eigenvalue weighted by atomic mass is 10.2. The predicted octanol–water partition coefficient (Wildman–Crippen LogP) is 1.55. The molecule has 0 fully saturated rings. The Kier molecular flexibility index (Phi) is 4.77. The number of nitrogens with zero attached hydrogens (tertiary/aromatic N) is 3. The molecule has 1 heterocycles. The van der Waals surface area contributed by atoms with E-state index in [4.69, 9.17) is 17.3 Å². The van der Waals surface area contributed by atoms with E-state index in [0.717, 1.165) is 29.5 Å². The van der Waals surface area contributed by atoms with E-state index in [1.807, 2.05) is 14.0 Å². The third-order valence-electron chi connectivity index (χ3n) is 2.78. The minimum atomic E-state index is 0.458. The zero-order chi connectivity index (χ0) is 12.3. The van der Waals surface area contributed by atoms with Crippen molar-refractivity contribution in [2.45, 2.75) is 33.4 Å². The van der Waals surface area contributed by atoms with Crippen molar-refractivity contribution in [3.63, 3.8) is 0 Å². The van der Waals surface area contributed by atoms with Gasteiger partial charge in [0.15, 0.2) is 0 Å². The smallest absolute Gasteiger partial charge is 0.131 e. The summed E-state index contributed by atoms with van der Waals surface area (Å²) in [4.78, 5) is 2.30. The van der Waals surface area contributed by atoms with Crippen molar-refractivity contribution in [2.24, 2.45) is 12.8 Å². The molecule has 1 aromatic rings. The van der Waals surface area contributed by atoms with Crippen LogP contribution in [-0.4, -0.2) is 33.8 Å². The highest BCUT2D eigenvalue weighted by Crippen LogP contribution is 2.21. The van der Waals surface area contributed by atoms with Crippen molar-refractivity contribution in [3.8, 4) is 0 Å². The second-order valence-corrected chi connectivity index (χ2v) is 4.69. The fraction of sp³-hybridized carbons (Fsp3) is 0.727. The molecule has 0 aliphatic rings. The molecule has 0 bridgehead atoms. The van der Waals surface area contributed by atoms with E-state index in [0.29, 0.717) is 12.6 Å². The van der Waals surface area contributed by atoms with Gasteiger partial charge in [-0.15, -0.1) is 0 Å². The van der Waals surface area contributed by atoms with E-state index in [9.17, 15) is 0 Å². The third-order valence-corrected chi connectivity index (χ3v) is 3.25. The van der Waals surface area contributed by atoms with E-state index in [1.165, 1.54) is 0 Å². The van der Waals surface area contributed by atoms with Gasteiger partial charge in [-0.3, -0.25) is 9.58 Å². The van der Waals surface area contributed by atoms with Gasteiger partial charge in [-0.25, -0.2) is 0 Å². The summed E-state index contributed by atoms with van der Waals surface area (Å²) in [5.74, 6) is 0. The van der Waals surface area contributed by atoms with Crippen molar-refractivity contribution in [1.82, 2.24) is 14.7 Å². The first-order valence-electron chi connectivity index (χ1n) is 5.59. The number of aromatic nitrogens is 2. The topological polar surface area (TPSA) is 47.1 Å². The fourth-order valence-electron chi connectivity index (χ4n) is 1.74. The van der Waals surface area contributed by atoms with Crippen molar-refractivity contribution in [1.29, 1.82) is 0 Å². The highest BCUT2D eigenvalue weighted by molar-refractivity contribution is 6.30. The first kappa shape index (κ1) is 13.5. The Morgan fingerprint density at radius 2 is 2.12 bits per heavy atom. The highest BCUT2D eigenvalue weighted by atomic mass is 35.5. The molecule has 0 aliphatic heterocycles. The van der Waals surface area contributed by atoms with Crippen LogP contribution in [0.2, 0.25) is 5.15 Å². The molecule has 0 atom stereocenters. The molecule has 0 spiro atoms. The van der Waals surface area contributed by atoms with Crippen LogP contribution in [0.15, 0.2) is 0 Å². The fourth-order valence-corrected chi connectivity index (χ4v) is 1.98. The molecule has 0 aliphatic carbocycles. The monoisotopic (exact) mass is 244 g/mol. The molecule has 0 saturated heterocycles. The minimum absolute atomic E-state index is 0.458. The predicted molar refractivity (Wildman–Crippen MR) is 67.6 cm³/mol. The molecule has 92 valence electrons. The Bertz CT molecular complexity index is 346. The molecular weight excluding hydrogens is 224 g/mol. The van der Waals surface area contributed by atoms with Crippen LogP contribution in [0.1, 0.15) is 25.1 Å². The Labute approximate surface area is 102 Å². The normalized spacial score (nSPS) is 11.8. The maximum absolute atomic E-state index is 6.21. The summed E-state index contributed by atoms with van der Waals surface area (Å²) in [6.07, 6.45) is 0. The van der Waals surface area contributed by atoms with E-state index in [1.54, 1.807) is 4.68 Å². The Hall–Kier alpha value is -0.580. The number of nitrogens with two attached hydrogens (primary N) is 1. The average molecular weight is 245 g/mol. The number of rotatable bonds is 5. The summed E-state index contributed by atoms with van der Waals surface area (Å²) >= 11 is 6.21. The van der Waals surface area contributed by atoms with Crippen LogP contribution in [0.4, 0.5) is 0 Å². The van der Waals surface area contributed by atoms with Gasteiger partial charge < -0.3 is 5.73 Å². The van der Waals surface area contributed by atoms with E-state index in [-0.39, 0.29) is 0 Å². The maximum atomic E-state index is 6.21. The first-order chi connectivity index (χ1) is 7.47. The largest absolute Gasteiger partial charge is 0.329 e. The molecule has 0 aromatic carbocycles. The second-order valence-electron chi connectivity index (χ2n) is 4.33. The van der Waals surface area contributed by atoms with Crippen molar-refractivity contribution in [2.75, 3.05) is 13.1 Å². The van der Waals surface area contributed by atoms with E-state index >= 15 is 0 Å². The molecular formula is C11H21ClN4. The summed E-state index contributed by atoms with van der Waals surface area (Å²) in [5, 5.41) is 5.03. The first-order valence-corrected chi connectivity index (χ1v) is 5.97. The van der Waals surface area contributed by atoms with Gasteiger partial charge in [-0.05, 0) is 20.8 Å². The van der Waals surface area contributed by atoms with Crippen LogP contribution in [0.25, 0.3) is 0 Å². The number of aryl methyl sites for hydroxylation is 2. The van der Waals surface area contributed by atoms with Gasteiger partial charge in [0.25, 0.3) is 0 Å². The molecule has 2 N–H and O–H groups in total. The molecule has 4 nitrogen and oxygen atoms in total. The molecule has 1 rings (SSSR count). The van der Waals surface area contributed by atoms with E-state index < -0.39 is 0 Å². The maximum Gasteiger partial charge on any atom is 0.131 e. The molecule has 16 heavy (non-hydrogen) atoms. The third kappa shape index (κ3) is 2.97. The summed E-state index contributed by atoms with van der Waals surface area (Å²) in [6, 6.07) is 0.458. The van der Waals surface area contributed by atoms with Gasteiger partial charge in [0.05, 0.1) is 5.69 Å². The molecule has 0 amide bonds. The summed E-state index contributed by atoms with van der Waals surface area (Å²) in [5.41, 5.74) is 7.71. The van der Waals surface area contributed by atoms with Crippen LogP contribution in [-0.2, 0) is 13.6 Å². The van der Waals surface area contributed by atoms with Gasteiger partial charge in [-0.1, -0.05) is 11.6 Å². The SMILES string of the molecule is Cc1nn(C)c(Cl)c1CN(CCN)C(C)C. The average Bonchev–Trinajstić information content (AvgIpc) is 2.43. The zero-order valence-corrected chi connectivity index (χ0v) is 11.3. The zero-order valence-electron chi connectivity index (χ0n) is 10.5. The minimum Gasteiger partial charge on any atom is -0.329 e. The van der Waals surface area contributed by atoms with Crippen LogP contribution in [0.3, 0.4) is 0 Å². The molecule has 0 saturated carbocycles. The lowest BCUT2D eigenvalue weighted by Gasteiger charge is -2.25. The number of hydrogen-bond acceptors (Lipinski definition) is 3. The van der Waals surface area contributed by atoms with Crippen molar-refractivity contribution < 1.29 is 0 Å². The quantitative estimate of drug-likeness (QED) is 0.855. The van der Waals surface area contributed by atoms with E-state index in [2.05, 4.69) is 23.8 Å². The standard InChI is InChI=1S/C11H21ClN4/c1-8(2)16(6-5-13)7-10-9(3)14-15(4)11(10)12/h8H,5-7,13H2,1-4H3. The van der Waals surface area contributed by atoms with Gasteiger partial charge in [0, 0.05) is 38.3 Å². The number of halogens is 1. The van der Waals surface area contributed by atoms with Gasteiger partial charge in [0.1, 0.15) is 5.15 Å². The highest BCUT2D eigenvalue weighted by Gasteiger charge is 2.16. The summed E-state index contributed by atoms with van der Waals surface area (Å²) in [7, 11) is 1.86. The lowest BCUT2D eigenvalue weighted by Crippen LogP contribution is -2.34. The number of hydrogen-bond donors (Lipinski definition) is 1. The van der Waals surface area contributed by atoms with Gasteiger partial charge in [-0.2, -0.15) is 5.10 Å². The Morgan fingerprint density at radius 1 is 1.50 bits per heavy atom. The molecule has 0 unspecified atom stereocenters. The lowest BCUT2D eigenvalue weighted by molar-refractivity contribution is 0.219. The van der Waals surface area contributed by atoms with Crippen molar-refractivity contribution >= 4 is 11.6 Å². The van der Waals surface area contributed by atoms with Gasteiger partial charge >= 0.3 is 0 Å². The van der Waals surface area contributed by atoms with Gasteiger partial charge in [0.2, 0.25) is 0 Å². The van der Waals surface area contributed by atoms with Crippen LogP contribution in [0, 0.1) is 6.92 Å². The summed E-state index contributed by atoms with van der Waals surface area (Å²) in [6.45, 7) is 8.66. The van der Waals surface area contributed by atoms with Crippen LogP contribution in [0.5, 0.6) is 0 Å².